The molecule has 1 heterocycles. The Morgan fingerprint density at radius 3 is 2.82 bits per heavy atom. The second-order valence-electron chi connectivity index (χ2n) is 4.89. The van der Waals surface area contributed by atoms with Gasteiger partial charge < -0.3 is 15.8 Å². The van der Waals surface area contributed by atoms with E-state index in [0.717, 1.165) is 25.3 Å². The maximum Gasteiger partial charge on any atom is 0.0700 e. The second kappa shape index (κ2) is 6.03. The van der Waals surface area contributed by atoms with Crippen molar-refractivity contribution in [3.05, 3.63) is 29.8 Å². The summed E-state index contributed by atoms with van der Waals surface area (Å²) in [6, 6.07) is 8.59. The molecule has 0 aliphatic carbocycles. The van der Waals surface area contributed by atoms with E-state index in [1.165, 1.54) is 18.4 Å². The predicted octanol–water partition coefficient (Wildman–Crippen LogP) is 1.97. The van der Waals surface area contributed by atoms with Crippen LogP contribution in [0.1, 0.15) is 25.3 Å². The van der Waals surface area contributed by atoms with Crippen LogP contribution in [0.5, 0.6) is 0 Å². The lowest BCUT2D eigenvalue weighted by atomic mass is 10.1. The molecule has 2 rings (SSSR count). The Labute approximate surface area is 103 Å². The first-order chi connectivity index (χ1) is 8.24. The van der Waals surface area contributed by atoms with Gasteiger partial charge in [0.15, 0.2) is 0 Å². The van der Waals surface area contributed by atoms with Gasteiger partial charge in [-0.25, -0.2) is 0 Å². The van der Waals surface area contributed by atoms with Crippen LogP contribution in [0, 0.1) is 0 Å². The van der Waals surface area contributed by atoms with Gasteiger partial charge in [-0.15, -0.1) is 0 Å². The van der Waals surface area contributed by atoms with Gasteiger partial charge in [0.25, 0.3) is 0 Å². The van der Waals surface area contributed by atoms with E-state index in [-0.39, 0.29) is 0 Å². The summed E-state index contributed by atoms with van der Waals surface area (Å²) in [5.74, 6) is 0. The molecule has 0 bridgehead atoms. The summed E-state index contributed by atoms with van der Waals surface area (Å²) < 4.78 is 5.59. The van der Waals surface area contributed by atoms with E-state index in [1.54, 1.807) is 0 Å². The van der Waals surface area contributed by atoms with Gasteiger partial charge in [-0.3, -0.25) is 0 Å². The second-order valence-corrected chi connectivity index (χ2v) is 4.89. The molecule has 0 aromatic heterocycles. The number of ether oxygens (including phenoxy) is 1. The standard InChI is InChI=1S/C14H22N2O/c1-11(16-10-14-3-2-8-17-14)9-12-4-6-13(15)7-5-12/h4-7,11,14,16H,2-3,8-10,15H2,1H3. The minimum Gasteiger partial charge on any atom is -0.399 e. The average Bonchev–Trinajstić information content (AvgIpc) is 2.83. The summed E-state index contributed by atoms with van der Waals surface area (Å²) in [6.45, 7) is 4.11. The third-order valence-corrected chi connectivity index (χ3v) is 3.24. The molecule has 1 aromatic rings. The van der Waals surface area contributed by atoms with Gasteiger partial charge in [0.1, 0.15) is 0 Å². The highest BCUT2D eigenvalue weighted by Gasteiger charge is 2.15. The van der Waals surface area contributed by atoms with Crippen molar-refractivity contribution < 1.29 is 4.74 Å². The molecule has 1 saturated heterocycles. The molecule has 2 atom stereocenters. The SMILES string of the molecule is CC(Cc1ccc(N)cc1)NCC1CCCO1. The third kappa shape index (κ3) is 4.02. The molecule has 1 aliphatic rings. The zero-order chi connectivity index (χ0) is 12.1. The van der Waals surface area contributed by atoms with Crippen LogP contribution in [0.2, 0.25) is 0 Å². The molecule has 3 N–H and O–H groups in total. The molecule has 0 spiro atoms. The molecule has 0 amide bonds. The lowest BCUT2D eigenvalue weighted by Gasteiger charge is -2.17. The van der Waals surface area contributed by atoms with Crippen LogP contribution in [0.15, 0.2) is 24.3 Å². The molecule has 3 heteroatoms. The molecular formula is C14H22N2O. The van der Waals surface area contributed by atoms with Crippen molar-refractivity contribution in [1.82, 2.24) is 5.32 Å². The van der Waals surface area contributed by atoms with Crippen LogP contribution in [-0.2, 0) is 11.2 Å². The van der Waals surface area contributed by atoms with Crippen LogP contribution in [-0.4, -0.2) is 25.3 Å². The van der Waals surface area contributed by atoms with E-state index in [9.17, 15) is 0 Å². The summed E-state index contributed by atoms with van der Waals surface area (Å²) in [5, 5.41) is 3.53. The van der Waals surface area contributed by atoms with Crippen molar-refractivity contribution in [2.75, 3.05) is 18.9 Å². The smallest absolute Gasteiger partial charge is 0.0700 e. The number of nitrogens with two attached hydrogens (primary N) is 1. The number of rotatable bonds is 5. The van der Waals surface area contributed by atoms with Crippen LogP contribution in [0.25, 0.3) is 0 Å². The van der Waals surface area contributed by atoms with Crippen molar-refractivity contribution >= 4 is 5.69 Å². The fourth-order valence-electron chi connectivity index (χ4n) is 2.22. The van der Waals surface area contributed by atoms with E-state index in [4.69, 9.17) is 10.5 Å². The molecule has 3 nitrogen and oxygen atoms in total. The fraction of sp³-hybridized carbons (Fsp3) is 0.571. The lowest BCUT2D eigenvalue weighted by Crippen LogP contribution is -2.34. The average molecular weight is 234 g/mol. The van der Waals surface area contributed by atoms with Crippen LogP contribution in [0.3, 0.4) is 0 Å². The highest BCUT2D eigenvalue weighted by atomic mass is 16.5. The molecular weight excluding hydrogens is 212 g/mol. The number of nitrogen functional groups attached to an aromatic ring is 1. The van der Waals surface area contributed by atoms with Crippen molar-refractivity contribution in [2.45, 2.75) is 38.3 Å². The molecule has 2 unspecified atom stereocenters. The Morgan fingerprint density at radius 2 is 2.18 bits per heavy atom. The minimum absolute atomic E-state index is 0.420. The van der Waals surface area contributed by atoms with Gasteiger partial charge in [0, 0.05) is 24.9 Å². The lowest BCUT2D eigenvalue weighted by molar-refractivity contribution is 0.108. The normalized spacial score (nSPS) is 21.6. The largest absolute Gasteiger partial charge is 0.399 e. The molecule has 0 radical (unpaired) electrons. The first-order valence-electron chi connectivity index (χ1n) is 6.43. The van der Waals surface area contributed by atoms with E-state index < -0.39 is 0 Å². The Balaban J connectivity index is 1.72. The Kier molecular flexibility index (Phi) is 4.40. The van der Waals surface area contributed by atoms with Crippen molar-refractivity contribution in [2.24, 2.45) is 0 Å². The van der Waals surface area contributed by atoms with Gasteiger partial charge in [0.2, 0.25) is 0 Å². The van der Waals surface area contributed by atoms with Gasteiger partial charge in [-0.05, 0) is 43.9 Å². The number of hydrogen-bond donors (Lipinski definition) is 2. The summed E-state index contributed by atoms with van der Waals surface area (Å²) in [4.78, 5) is 0. The van der Waals surface area contributed by atoms with Crippen LogP contribution < -0.4 is 11.1 Å². The fourth-order valence-corrected chi connectivity index (χ4v) is 2.22. The minimum atomic E-state index is 0.420. The Bertz CT molecular complexity index is 331. The Morgan fingerprint density at radius 1 is 1.41 bits per heavy atom. The van der Waals surface area contributed by atoms with Crippen molar-refractivity contribution in [3.63, 3.8) is 0 Å². The number of benzene rings is 1. The van der Waals surface area contributed by atoms with Gasteiger partial charge in [0.05, 0.1) is 6.10 Å². The molecule has 1 fully saturated rings. The summed E-state index contributed by atoms with van der Waals surface area (Å²) in [7, 11) is 0. The van der Waals surface area contributed by atoms with Gasteiger partial charge in [-0.1, -0.05) is 12.1 Å². The number of hydrogen-bond acceptors (Lipinski definition) is 3. The van der Waals surface area contributed by atoms with Crippen molar-refractivity contribution in [1.29, 1.82) is 0 Å². The first-order valence-corrected chi connectivity index (χ1v) is 6.43. The maximum atomic E-state index is 5.67. The van der Waals surface area contributed by atoms with Crippen molar-refractivity contribution in [3.8, 4) is 0 Å². The maximum absolute atomic E-state index is 5.67. The highest BCUT2D eigenvalue weighted by molar-refractivity contribution is 5.39. The monoisotopic (exact) mass is 234 g/mol. The summed E-state index contributed by atoms with van der Waals surface area (Å²) in [5.41, 5.74) is 7.82. The van der Waals surface area contributed by atoms with E-state index in [2.05, 4.69) is 24.4 Å². The first kappa shape index (κ1) is 12.4. The zero-order valence-corrected chi connectivity index (χ0v) is 10.5. The third-order valence-electron chi connectivity index (χ3n) is 3.24. The molecule has 1 aliphatic heterocycles. The molecule has 0 saturated carbocycles. The van der Waals surface area contributed by atoms with Gasteiger partial charge in [-0.2, -0.15) is 0 Å². The number of nitrogens with one attached hydrogen (secondary N) is 1. The summed E-state index contributed by atoms with van der Waals surface area (Å²) >= 11 is 0. The molecule has 1 aromatic carbocycles. The van der Waals surface area contributed by atoms with Gasteiger partial charge >= 0.3 is 0 Å². The Hall–Kier alpha value is -1.06. The quantitative estimate of drug-likeness (QED) is 0.766. The number of anilines is 1. The predicted molar refractivity (Wildman–Crippen MR) is 71.0 cm³/mol. The molecule has 94 valence electrons. The van der Waals surface area contributed by atoms with E-state index in [1.807, 2.05) is 12.1 Å². The highest BCUT2D eigenvalue weighted by Crippen LogP contribution is 2.12. The topological polar surface area (TPSA) is 47.3 Å². The molecule has 17 heavy (non-hydrogen) atoms. The van der Waals surface area contributed by atoms with Crippen LogP contribution in [0.4, 0.5) is 5.69 Å². The van der Waals surface area contributed by atoms with Crippen LogP contribution >= 0.6 is 0 Å². The zero-order valence-electron chi connectivity index (χ0n) is 10.5. The summed E-state index contributed by atoms with van der Waals surface area (Å²) in [6.07, 6.45) is 3.86. The van der Waals surface area contributed by atoms with E-state index >= 15 is 0 Å². The van der Waals surface area contributed by atoms with E-state index in [0.29, 0.717) is 12.1 Å².